The molecular formula is C39H43N3O7. The number of esters is 1. The van der Waals surface area contributed by atoms with Gasteiger partial charge in [0.05, 0.1) is 24.5 Å². The van der Waals surface area contributed by atoms with Crippen molar-refractivity contribution in [1.82, 2.24) is 10.2 Å². The van der Waals surface area contributed by atoms with Crippen molar-refractivity contribution in [3.63, 3.8) is 0 Å². The summed E-state index contributed by atoms with van der Waals surface area (Å²) in [5.41, 5.74) is 0.113. The fourth-order valence-corrected chi connectivity index (χ4v) is 7.77. The predicted octanol–water partition coefficient (Wildman–Crippen LogP) is 4.48. The molecule has 3 aliphatic rings. The number of nitrogens with one attached hydrogen (secondary N) is 1. The van der Waals surface area contributed by atoms with Crippen LogP contribution in [0.25, 0.3) is 10.8 Å². The molecule has 2 bridgehead atoms. The summed E-state index contributed by atoms with van der Waals surface area (Å²) in [4.78, 5) is 58.8. The zero-order valence-electron chi connectivity index (χ0n) is 27.5. The molecule has 256 valence electrons. The molecule has 0 aromatic heterocycles. The molecule has 49 heavy (non-hydrogen) atoms. The van der Waals surface area contributed by atoms with Crippen LogP contribution < -0.4 is 10.2 Å². The van der Waals surface area contributed by atoms with Gasteiger partial charge in [0.1, 0.15) is 17.7 Å². The number of ether oxygens (including phenoxy) is 2. The lowest BCUT2D eigenvalue weighted by Gasteiger charge is -2.36. The largest absolute Gasteiger partial charge is 0.455 e. The summed E-state index contributed by atoms with van der Waals surface area (Å²) in [5, 5.41) is 14.6. The van der Waals surface area contributed by atoms with Crippen LogP contribution in [0.2, 0.25) is 0 Å². The fourth-order valence-electron chi connectivity index (χ4n) is 7.77. The van der Waals surface area contributed by atoms with E-state index in [4.69, 9.17) is 9.47 Å². The minimum Gasteiger partial charge on any atom is -0.455 e. The van der Waals surface area contributed by atoms with Crippen molar-refractivity contribution in [1.29, 1.82) is 0 Å². The minimum atomic E-state index is -1.24. The lowest BCUT2D eigenvalue weighted by Crippen LogP contribution is -2.56. The predicted molar refractivity (Wildman–Crippen MR) is 185 cm³/mol. The Balaban J connectivity index is 1.30. The molecule has 3 amide bonds. The molecule has 6 atom stereocenters. The van der Waals surface area contributed by atoms with Gasteiger partial charge < -0.3 is 29.7 Å². The summed E-state index contributed by atoms with van der Waals surface area (Å²) < 4.78 is 12.7. The smallest absolute Gasteiger partial charge is 0.313 e. The number of hydrogen-bond donors (Lipinski definition) is 2. The molecule has 0 saturated carbocycles. The first-order valence-electron chi connectivity index (χ1n) is 17.0. The van der Waals surface area contributed by atoms with Crippen LogP contribution in [0.15, 0.2) is 98.1 Å². The molecule has 0 aliphatic carbocycles. The number of carbonyl (C=O) groups excluding carboxylic acids is 4. The van der Waals surface area contributed by atoms with E-state index in [0.717, 1.165) is 10.8 Å². The molecule has 0 radical (unpaired) electrons. The third-order valence-corrected chi connectivity index (χ3v) is 9.98. The van der Waals surface area contributed by atoms with Gasteiger partial charge in [0.2, 0.25) is 11.8 Å². The SMILES string of the molecule is C=CCCC(=O)NC[C@H](OC(=O)[C@@H]1[C@@H]2CC[C@]3(O2)[C@H](C(=O)N(CC=C)c2ccc4ccccc4c2)N(CCCO)C(=O)[C@@H]13)c1ccccc1. The number of amides is 3. The van der Waals surface area contributed by atoms with Crippen molar-refractivity contribution in [3.8, 4) is 0 Å². The highest BCUT2D eigenvalue weighted by Crippen LogP contribution is 2.59. The van der Waals surface area contributed by atoms with E-state index in [1.807, 2.05) is 72.8 Å². The lowest BCUT2D eigenvalue weighted by molar-refractivity contribution is -0.160. The summed E-state index contributed by atoms with van der Waals surface area (Å²) >= 11 is 0. The summed E-state index contributed by atoms with van der Waals surface area (Å²) in [5.74, 6) is -3.36. The molecule has 3 aromatic rings. The number of benzene rings is 3. The first kappa shape index (κ1) is 34.1. The Bertz CT molecular complexity index is 1730. The van der Waals surface area contributed by atoms with Crippen molar-refractivity contribution in [2.24, 2.45) is 11.8 Å². The highest BCUT2D eigenvalue weighted by atomic mass is 16.6. The molecule has 2 N–H and O–H groups in total. The number of fused-ring (bicyclic) bond motifs is 2. The average molecular weight is 666 g/mol. The van der Waals surface area contributed by atoms with Crippen LogP contribution in [0.1, 0.15) is 43.8 Å². The summed E-state index contributed by atoms with van der Waals surface area (Å²) in [6.07, 6.45) is 3.84. The number of aliphatic hydroxyl groups excluding tert-OH is 1. The highest BCUT2D eigenvalue weighted by Gasteiger charge is 2.75. The van der Waals surface area contributed by atoms with E-state index >= 15 is 0 Å². The maximum atomic E-state index is 14.8. The van der Waals surface area contributed by atoms with E-state index in [1.165, 1.54) is 4.90 Å². The van der Waals surface area contributed by atoms with Crippen molar-refractivity contribution in [2.45, 2.75) is 56.0 Å². The van der Waals surface area contributed by atoms with Crippen molar-refractivity contribution in [3.05, 3.63) is 104 Å². The number of aliphatic hydroxyl groups is 1. The van der Waals surface area contributed by atoms with Crippen LogP contribution in [0.5, 0.6) is 0 Å². The maximum absolute atomic E-state index is 14.8. The van der Waals surface area contributed by atoms with Crippen LogP contribution >= 0.6 is 0 Å². The van der Waals surface area contributed by atoms with Gasteiger partial charge in [0.25, 0.3) is 5.91 Å². The Kier molecular flexibility index (Phi) is 10.3. The number of rotatable bonds is 15. The molecule has 3 aliphatic heterocycles. The summed E-state index contributed by atoms with van der Waals surface area (Å²) in [6, 6.07) is 21.8. The van der Waals surface area contributed by atoms with Crippen LogP contribution in [-0.4, -0.2) is 77.7 Å². The number of anilines is 1. The number of nitrogens with zero attached hydrogens (tertiary/aromatic N) is 2. The normalized spacial score (nSPS) is 24.3. The zero-order valence-corrected chi connectivity index (χ0v) is 27.5. The van der Waals surface area contributed by atoms with Crippen LogP contribution in [-0.2, 0) is 28.7 Å². The molecule has 3 saturated heterocycles. The Labute approximate surface area is 286 Å². The number of likely N-dealkylation sites (tertiary alicyclic amines) is 1. The van der Waals surface area contributed by atoms with Crippen LogP contribution in [0.4, 0.5) is 5.69 Å². The first-order valence-corrected chi connectivity index (χ1v) is 17.0. The van der Waals surface area contributed by atoms with Gasteiger partial charge in [-0.1, -0.05) is 72.8 Å². The molecule has 1 spiro atoms. The molecular weight excluding hydrogens is 622 g/mol. The summed E-state index contributed by atoms with van der Waals surface area (Å²) in [6.45, 7) is 7.76. The van der Waals surface area contributed by atoms with Crippen molar-refractivity contribution >= 4 is 40.2 Å². The molecule has 0 unspecified atom stereocenters. The fraction of sp³-hybridized carbons (Fsp3) is 0.385. The second-order valence-corrected chi connectivity index (χ2v) is 12.9. The van der Waals surface area contributed by atoms with E-state index in [0.29, 0.717) is 30.5 Å². The molecule has 3 aromatic carbocycles. The Morgan fingerprint density at radius 3 is 2.55 bits per heavy atom. The van der Waals surface area contributed by atoms with Gasteiger partial charge in [0.15, 0.2) is 0 Å². The Hall–Kier alpha value is -4.80. The van der Waals surface area contributed by atoms with Gasteiger partial charge in [0, 0.05) is 31.8 Å². The quantitative estimate of drug-likeness (QED) is 0.181. The van der Waals surface area contributed by atoms with Gasteiger partial charge in [-0.2, -0.15) is 0 Å². The number of carbonyl (C=O) groups is 4. The van der Waals surface area contributed by atoms with Gasteiger partial charge in [-0.3, -0.25) is 19.2 Å². The lowest BCUT2D eigenvalue weighted by atomic mass is 9.70. The summed E-state index contributed by atoms with van der Waals surface area (Å²) in [7, 11) is 0. The molecule has 10 heteroatoms. The minimum absolute atomic E-state index is 0.0553. The van der Waals surface area contributed by atoms with E-state index in [9.17, 15) is 24.3 Å². The average Bonchev–Trinajstić information content (AvgIpc) is 3.77. The standard InChI is InChI=1S/C39H43N3O7/c1-3-5-16-32(44)40-25-31(27-13-7-6-8-14-27)48-38(47)33-30-19-20-39(49-30)34(33)36(45)42(22-11-23-43)35(39)37(46)41(21-4-2)29-18-17-26-12-9-10-15-28(26)24-29/h3-4,6-10,12-15,17-18,24,30-31,33-35,43H,1-2,5,11,16,19-23,25H2,(H,40,44)/t30-,31-,33+,34+,35-,39+/m0/s1. The van der Waals surface area contributed by atoms with E-state index in [2.05, 4.69) is 18.5 Å². The molecule has 3 fully saturated rings. The monoisotopic (exact) mass is 665 g/mol. The zero-order chi connectivity index (χ0) is 34.5. The van der Waals surface area contributed by atoms with E-state index in [-0.39, 0.29) is 56.8 Å². The molecule has 3 heterocycles. The van der Waals surface area contributed by atoms with E-state index in [1.54, 1.807) is 17.1 Å². The van der Waals surface area contributed by atoms with E-state index < -0.39 is 41.7 Å². The highest BCUT2D eigenvalue weighted by molar-refractivity contribution is 6.05. The van der Waals surface area contributed by atoms with Gasteiger partial charge >= 0.3 is 5.97 Å². The second kappa shape index (κ2) is 14.8. The van der Waals surface area contributed by atoms with Gasteiger partial charge in [-0.15, -0.1) is 13.2 Å². The van der Waals surface area contributed by atoms with Crippen LogP contribution in [0, 0.1) is 11.8 Å². The van der Waals surface area contributed by atoms with Crippen molar-refractivity contribution < 1.29 is 33.8 Å². The second-order valence-electron chi connectivity index (χ2n) is 12.9. The molecule has 10 nitrogen and oxygen atoms in total. The Morgan fingerprint density at radius 1 is 1.06 bits per heavy atom. The first-order chi connectivity index (χ1) is 23.8. The van der Waals surface area contributed by atoms with Crippen LogP contribution in [0.3, 0.4) is 0 Å². The molecule has 6 rings (SSSR count). The third-order valence-electron chi connectivity index (χ3n) is 9.98. The van der Waals surface area contributed by atoms with Gasteiger partial charge in [-0.25, -0.2) is 0 Å². The third kappa shape index (κ3) is 6.50. The van der Waals surface area contributed by atoms with Gasteiger partial charge in [-0.05, 0) is 54.2 Å². The topological polar surface area (TPSA) is 125 Å². The number of hydrogen-bond acceptors (Lipinski definition) is 7. The number of allylic oxidation sites excluding steroid dienone is 1. The Morgan fingerprint density at radius 2 is 1.82 bits per heavy atom. The maximum Gasteiger partial charge on any atom is 0.313 e. The van der Waals surface area contributed by atoms with Crippen molar-refractivity contribution in [2.75, 3.05) is 31.1 Å².